The molecule has 0 saturated carbocycles. The van der Waals surface area contributed by atoms with E-state index in [-0.39, 0.29) is 5.91 Å². The minimum absolute atomic E-state index is 0.309. The van der Waals surface area contributed by atoms with Gasteiger partial charge in [-0.3, -0.25) is 4.79 Å². The van der Waals surface area contributed by atoms with E-state index in [0.717, 1.165) is 16.9 Å². The number of nitrogens with zero attached hydrogens (tertiary/aromatic N) is 3. The number of aromatic nitrogens is 2. The third-order valence-electron chi connectivity index (χ3n) is 4.03. The largest absolute Gasteiger partial charge is 0.496 e. The lowest BCUT2D eigenvalue weighted by Crippen LogP contribution is -2.19. The minimum Gasteiger partial charge on any atom is -0.496 e. The number of nitrogens with one attached hydrogen (secondary N) is 1. The topological polar surface area (TPSA) is 89.6 Å². The van der Waals surface area contributed by atoms with Crippen molar-refractivity contribution in [2.45, 2.75) is 24.8 Å². The molecule has 0 spiro atoms. The molecule has 2 heterocycles. The van der Waals surface area contributed by atoms with Crippen molar-refractivity contribution >= 4 is 23.4 Å². The molecule has 28 heavy (non-hydrogen) atoms. The van der Waals surface area contributed by atoms with Crippen molar-refractivity contribution in [3.63, 3.8) is 0 Å². The molecule has 1 aromatic carbocycles. The summed E-state index contributed by atoms with van der Waals surface area (Å²) in [7, 11) is 1.64. The number of hydrogen-bond acceptors (Lipinski definition) is 7. The number of ether oxygens (including phenoxy) is 1. The second-order valence-corrected chi connectivity index (χ2v) is 6.82. The molecule has 1 amide bonds. The van der Waals surface area contributed by atoms with Gasteiger partial charge in [0.05, 0.1) is 24.6 Å². The zero-order valence-corrected chi connectivity index (χ0v) is 16.6. The fourth-order valence-corrected chi connectivity index (χ4v) is 3.28. The molecule has 0 aliphatic heterocycles. The number of benzene rings is 1. The number of carbonyl (C=O) groups excluding carboxylic acids is 1. The van der Waals surface area contributed by atoms with Crippen LogP contribution in [-0.2, 0) is 5.75 Å². The number of furan rings is 1. The maximum atomic E-state index is 12.2. The molecule has 2 aromatic heterocycles. The highest BCUT2D eigenvalue weighted by molar-refractivity contribution is 7.98. The maximum absolute atomic E-state index is 12.2. The second kappa shape index (κ2) is 9.18. The summed E-state index contributed by atoms with van der Waals surface area (Å²) in [6, 6.07) is 9.18. The fraction of sp³-hybridized carbons (Fsp3) is 0.200. The summed E-state index contributed by atoms with van der Waals surface area (Å²) in [4.78, 5) is 20.6. The predicted molar refractivity (Wildman–Crippen MR) is 108 cm³/mol. The molecule has 0 radical (unpaired) electrons. The van der Waals surface area contributed by atoms with E-state index in [2.05, 4.69) is 20.5 Å². The van der Waals surface area contributed by atoms with Crippen LogP contribution in [0.25, 0.3) is 0 Å². The first-order chi connectivity index (χ1) is 13.6. The number of amides is 1. The van der Waals surface area contributed by atoms with Crippen LogP contribution in [0.4, 0.5) is 0 Å². The Morgan fingerprint density at radius 2 is 2.07 bits per heavy atom. The summed E-state index contributed by atoms with van der Waals surface area (Å²) >= 11 is 1.52. The van der Waals surface area contributed by atoms with Crippen molar-refractivity contribution in [1.29, 1.82) is 0 Å². The van der Waals surface area contributed by atoms with Crippen LogP contribution in [0.5, 0.6) is 5.75 Å². The average Bonchev–Trinajstić information content (AvgIpc) is 3.16. The molecular weight excluding hydrogens is 376 g/mol. The number of hydrogen-bond donors (Lipinski definition) is 1. The van der Waals surface area contributed by atoms with Crippen LogP contribution in [0.1, 0.15) is 34.2 Å². The van der Waals surface area contributed by atoms with Gasteiger partial charge in [-0.15, -0.1) is 0 Å². The van der Waals surface area contributed by atoms with Crippen LogP contribution in [0.3, 0.4) is 0 Å². The van der Waals surface area contributed by atoms with Gasteiger partial charge < -0.3 is 9.15 Å². The van der Waals surface area contributed by atoms with E-state index < -0.39 is 0 Å². The van der Waals surface area contributed by atoms with Crippen molar-refractivity contribution in [3.8, 4) is 5.75 Å². The standard InChI is InChI=1S/C20H20N4O3S/c1-13(23-24-19(25)17-7-10-27-14(17)2)15-5-6-18(26-3)16(11-15)12-28-20-21-8-4-9-22-20/h4-11H,12H2,1-3H3,(H,24,25)/b23-13-. The lowest BCUT2D eigenvalue weighted by molar-refractivity contribution is 0.0953. The number of aryl methyl sites for hydroxylation is 1. The molecule has 1 N–H and O–H groups in total. The van der Waals surface area contributed by atoms with E-state index in [1.165, 1.54) is 18.0 Å². The lowest BCUT2D eigenvalue weighted by Gasteiger charge is -2.10. The number of rotatable bonds is 7. The molecule has 0 fully saturated rings. The minimum atomic E-state index is -0.309. The molecule has 144 valence electrons. The third-order valence-corrected chi connectivity index (χ3v) is 4.95. The van der Waals surface area contributed by atoms with Crippen LogP contribution in [0.2, 0.25) is 0 Å². The molecule has 3 aromatic rings. The maximum Gasteiger partial charge on any atom is 0.274 e. The Morgan fingerprint density at radius 1 is 1.29 bits per heavy atom. The Hall–Kier alpha value is -3.13. The van der Waals surface area contributed by atoms with Crippen LogP contribution in [0, 0.1) is 6.92 Å². The first-order valence-corrected chi connectivity index (χ1v) is 9.53. The summed E-state index contributed by atoms with van der Waals surface area (Å²) < 4.78 is 10.6. The Labute approximate surface area is 167 Å². The highest BCUT2D eigenvalue weighted by atomic mass is 32.2. The van der Waals surface area contributed by atoms with Gasteiger partial charge in [-0.25, -0.2) is 15.4 Å². The number of methoxy groups -OCH3 is 1. The number of hydrazone groups is 1. The van der Waals surface area contributed by atoms with E-state index >= 15 is 0 Å². The summed E-state index contributed by atoms with van der Waals surface area (Å²) in [5.41, 5.74) is 5.58. The monoisotopic (exact) mass is 396 g/mol. The third kappa shape index (κ3) is 4.77. The summed E-state index contributed by atoms with van der Waals surface area (Å²) in [6.07, 6.45) is 4.90. The van der Waals surface area contributed by atoms with Gasteiger partial charge in [-0.2, -0.15) is 5.10 Å². The first kappa shape index (κ1) is 19.6. The van der Waals surface area contributed by atoms with Crippen LogP contribution in [0.15, 0.2) is 63.7 Å². The Morgan fingerprint density at radius 3 is 2.75 bits per heavy atom. The number of thioether (sulfide) groups is 1. The summed E-state index contributed by atoms with van der Waals surface area (Å²) in [6.45, 7) is 3.57. The molecule has 3 rings (SSSR count). The van der Waals surface area contributed by atoms with Gasteiger partial charge in [0.25, 0.3) is 5.91 Å². The zero-order valence-electron chi connectivity index (χ0n) is 15.8. The van der Waals surface area contributed by atoms with Crippen molar-refractivity contribution < 1.29 is 13.9 Å². The molecule has 0 unspecified atom stereocenters. The zero-order chi connectivity index (χ0) is 19.9. The molecule has 8 heteroatoms. The Bertz CT molecular complexity index is 986. The molecule has 0 bridgehead atoms. The summed E-state index contributed by atoms with van der Waals surface area (Å²) in [5.74, 6) is 1.67. The van der Waals surface area contributed by atoms with Crippen molar-refractivity contribution in [3.05, 3.63) is 71.4 Å². The Kier molecular flexibility index (Phi) is 6.44. The van der Waals surface area contributed by atoms with Gasteiger partial charge in [0.2, 0.25) is 0 Å². The van der Waals surface area contributed by atoms with E-state index in [1.807, 2.05) is 25.1 Å². The smallest absolute Gasteiger partial charge is 0.274 e. The molecule has 0 saturated heterocycles. The van der Waals surface area contributed by atoms with Gasteiger partial charge in [-0.05, 0) is 49.7 Å². The van der Waals surface area contributed by atoms with E-state index in [9.17, 15) is 4.79 Å². The number of carbonyl (C=O) groups is 1. The van der Waals surface area contributed by atoms with E-state index in [4.69, 9.17) is 9.15 Å². The molecule has 7 nitrogen and oxygen atoms in total. The van der Waals surface area contributed by atoms with Crippen LogP contribution in [-0.4, -0.2) is 28.7 Å². The highest BCUT2D eigenvalue weighted by Gasteiger charge is 2.12. The summed E-state index contributed by atoms with van der Waals surface area (Å²) in [5, 5.41) is 4.91. The van der Waals surface area contributed by atoms with Gasteiger partial charge in [-0.1, -0.05) is 11.8 Å². The fourth-order valence-electron chi connectivity index (χ4n) is 2.50. The second-order valence-electron chi connectivity index (χ2n) is 5.88. The van der Waals surface area contributed by atoms with Crippen molar-refractivity contribution in [2.24, 2.45) is 5.10 Å². The molecule has 0 atom stereocenters. The SMILES string of the molecule is COc1ccc(/C(C)=N\NC(=O)c2ccoc2C)cc1CSc1ncccn1. The first-order valence-electron chi connectivity index (χ1n) is 8.54. The van der Waals surface area contributed by atoms with Crippen molar-refractivity contribution in [1.82, 2.24) is 15.4 Å². The quantitative estimate of drug-likeness (QED) is 0.282. The van der Waals surface area contributed by atoms with Gasteiger partial charge in [0.15, 0.2) is 5.16 Å². The molecule has 0 aliphatic rings. The van der Waals surface area contributed by atoms with E-state index in [1.54, 1.807) is 38.6 Å². The van der Waals surface area contributed by atoms with Crippen LogP contribution >= 0.6 is 11.8 Å². The van der Waals surface area contributed by atoms with Gasteiger partial charge >= 0.3 is 0 Å². The van der Waals surface area contributed by atoms with Crippen molar-refractivity contribution in [2.75, 3.05) is 7.11 Å². The molecular formula is C20H20N4O3S. The van der Waals surface area contributed by atoms with Gasteiger partial charge in [0.1, 0.15) is 11.5 Å². The lowest BCUT2D eigenvalue weighted by atomic mass is 10.1. The van der Waals surface area contributed by atoms with Gasteiger partial charge in [0, 0.05) is 23.7 Å². The Balaban J connectivity index is 1.74. The van der Waals surface area contributed by atoms with Crippen LogP contribution < -0.4 is 10.2 Å². The molecule has 0 aliphatic carbocycles. The highest BCUT2D eigenvalue weighted by Crippen LogP contribution is 2.27. The average molecular weight is 396 g/mol. The normalized spacial score (nSPS) is 11.3. The van der Waals surface area contributed by atoms with E-state index in [0.29, 0.717) is 27.9 Å². The predicted octanol–water partition coefficient (Wildman–Crippen LogP) is 3.83.